The molecule has 0 spiro atoms. The molecule has 32 heavy (non-hydrogen) atoms. The molecule has 166 valence electrons. The summed E-state index contributed by atoms with van der Waals surface area (Å²) in [5.74, 6) is 0.830. The number of aromatic nitrogens is 4. The first-order chi connectivity index (χ1) is 15.3. The molecule has 1 fully saturated rings. The summed E-state index contributed by atoms with van der Waals surface area (Å²) >= 11 is 1.20. The number of carbonyl (C=O) groups excluding carboxylic acids is 1. The molecule has 1 aromatic carbocycles. The van der Waals surface area contributed by atoms with Gasteiger partial charge < -0.3 is 14.0 Å². The van der Waals surface area contributed by atoms with E-state index in [9.17, 15) is 13.2 Å². The summed E-state index contributed by atoms with van der Waals surface area (Å²) in [6.45, 7) is 3.78. The van der Waals surface area contributed by atoms with Crippen molar-refractivity contribution in [2.45, 2.75) is 31.5 Å². The van der Waals surface area contributed by atoms with E-state index in [-0.39, 0.29) is 29.1 Å². The van der Waals surface area contributed by atoms with Crippen LogP contribution in [0, 0.1) is 13.8 Å². The van der Waals surface area contributed by atoms with Gasteiger partial charge in [-0.05, 0) is 32.4 Å². The summed E-state index contributed by atoms with van der Waals surface area (Å²) < 4.78 is 31.5. The highest BCUT2D eigenvalue weighted by Gasteiger charge is 2.31. The number of fused-ring (bicyclic) bond motifs is 1. The zero-order valence-electron chi connectivity index (χ0n) is 17.7. The number of nitrogens with one attached hydrogen (secondary N) is 1. The lowest BCUT2D eigenvalue weighted by Crippen LogP contribution is -2.14. The molecule has 0 amide bonds. The first kappa shape index (κ1) is 21.0. The maximum Gasteiger partial charge on any atom is 0.277 e. The Morgan fingerprint density at radius 3 is 2.88 bits per heavy atom. The number of rotatable bonds is 6. The van der Waals surface area contributed by atoms with Crippen molar-refractivity contribution >= 4 is 38.3 Å². The lowest BCUT2D eigenvalue weighted by Gasteiger charge is -2.16. The summed E-state index contributed by atoms with van der Waals surface area (Å²) in [5.41, 5.74) is 4.12. The summed E-state index contributed by atoms with van der Waals surface area (Å²) in [6.07, 6.45) is 2.41. The molecule has 1 N–H and O–H groups in total. The SMILES string of the molecule is Cc1cc(C(=O)CSc2nnc(-c3c[nH]c4ccccc34)o2)c(C)n1C1CCS(=O)(=O)C1. The van der Waals surface area contributed by atoms with Gasteiger partial charge in [0.25, 0.3) is 11.1 Å². The molecule has 0 radical (unpaired) electrons. The fourth-order valence-corrected chi connectivity index (χ4v) is 6.78. The molecule has 0 bridgehead atoms. The van der Waals surface area contributed by atoms with Gasteiger partial charge in [-0.2, -0.15) is 0 Å². The number of H-pyrrole nitrogens is 1. The van der Waals surface area contributed by atoms with Crippen molar-refractivity contribution in [3.8, 4) is 11.5 Å². The fraction of sp³-hybridized carbons (Fsp3) is 0.318. The predicted molar refractivity (Wildman–Crippen MR) is 123 cm³/mol. The lowest BCUT2D eigenvalue weighted by molar-refractivity contribution is 0.102. The van der Waals surface area contributed by atoms with Gasteiger partial charge >= 0.3 is 0 Å². The summed E-state index contributed by atoms with van der Waals surface area (Å²) in [4.78, 5) is 16.1. The van der Waals surface area contributed by atoms with E-state index in [1.54, 1.807) is 0 Å². The standard InChI is InChI=1S/C22H22N4O4S2/c1-13-9-17(14(2)26(13)15-7-8-32(28,29)12-15)20(27)11-31-22-25-24-21(30-22)18-10-23-19-6-4-3-5-16(18)19/h3-6,9-10,15,23H,7-8,11-12H2,1-2H3. The van der Waals surface area contributed by atoms with Crippen LogP contribution in [0.3, 0.4) is 0 Å². The number of thioether (sulfide) groups is 1. The van der Waals surface area contributed by atoms with Gasteiger partial charge in [0.1, 0.15) is 0 Å². The summed E-state index contributed by atoms with van der Waals surface area (Å²) in [5, 5.41) is 9.53. The topological polar surface area (TPSA) is 111 Å². The second kappa shape index (κ2) is 7.93. The smallest absolute Gasteiger partial charge is 0.277 e. The van der Waals surface area contributed by atoms with Crippen LogP contribution < -0.4 is 0 Å². The molecular weight excluding hydrogens is 448 g/mol. The van der Waals surface area contributed by atoms with Crippen LogP contribution in [0.2, 0.25) is 0 Å². The van der Waals surface area contributed by atoms with E-state index in [0.717, 1.165) is 27.9 Å². The van der Waals surface area contributed by atoms with Gasteiger partial charge in [0, 0.05) is 40.1 Å². The molecule has 4 heterocycles. The molecule has 5 rings (SSSR count). The second-order valence-corrected chi connectivity index (χ2v) is 11.2. The number of ketones is 1. The van der Waals surface area contributed by atoms with Crippen molar-refractivity contribution in [1.82, 2.24) is 19.7 Å². The third kappa shape index (κ3) is 3.77. The number of sulfone groups is 1. The van der Waals surface area contributed by atoms with Gasteiger partial charge in [0.15, 0.2) is 15.6 Å². The van der Waals surface area contributed by atoms with Gasteiger partial charge in [0.05, 0.1) is 22.8 Å². The Labute approximate surface area is 189 Å². The summed E-state index contributed by atoms with van der Waals surface area (Å²) in [6, 6.07) is 9.58. The van der Waals surface area contributed by atoms with Crippen LogP contribution in [0.15, 0.2) is 46.2 Å². The normalized spacial score (nSPS) is 17.9. The number of benzene rings is 1. The molecule has 10 heteroatoms. The van der Waals surface area contributed by atoms with Crippen LogP contribution in [-0.4, -0.2) is 51.2 Å². The third-order valence-corrected chi connectivity index (χ3v) is 8.48. The first-order valence-electron chi connectivity index (χ1n) is 10.3. The molecule has 0 saturated carbocycles. The first-order valence-corrected chi connectivity index (χ1v) is 13.1. The summed E-state index contributed by atoms with van der Waals surface area (Å²) in [7, 11) is -3.00. The Morgan fingerprint density at radius 2 is 2.09 bits per heavy atom. The van der Waals surface area contributed by atoms with Gasteiger partial charge in [-0.1, -0.05) is 30.0 Å². The number of aromatic amines is 1. The molecule has 1 saturated heterocycles. The minimum Gasteiger partial charge on any atom is -0.411 e. The minimum absolute atomic E-state index is 0.0537. The van der Waals surface area contributed by atoms with E-state index in [0.29, 0.717) is 23.1 Å². The molecule has 1 unspecified atom stereocenters. The van der Waals surface area contributed by atoms with Crippen molar-refractivity contribution in [3.05, 3.63) is 53.5 Å². The van der Waals surface area contributed by atoms with Gasteiger partial charge in [-0.25, -0.2) is 8.42 Å². The number of Topliss-reactive ketones (excluding diaryl/α,β-unsaturated/α-hetero) is 1. The van der Waals surface area contributed by atoms with E-state index < -0.39 is 9.84 Å². The van der Waals surface area contributed by atoms with Crippen LogP contribution in [0.4, 0.5) is 0 Å². The zero-order valence-corrected chi connectivity index (χ0v) is 19.3. The van der Waals surface area contributed by atoms with Gasteiger partial charge in [-0.3, -0.25) is 4.79 Å². The highest BCUT2D eigenvalue weighted by atomic mass is 32.2. The number of carbonyl (C=O) groups is 1. The molecule has 1 aliphatic heterocycles. The van der Waals surface area contributed by atoms with E-state index >= 15 is 0 Å². The number of aryl methyl sites for hydroxylation is 1. The Balaban J connectivity index is 1.30. The molecule has 3 aromatic heterocycles. The molecule has 4 aromatic rings. The number of hydrogen-bond donors (Lipinski definition) is 1. The molecular formula is C22H22N4O4S2. The molecule has 8 nitrogen and oxygen atoms in total. The van der Waals surface area contributed by atoms with Crippen molar-refractivity contribution in [3.63, 3.8) is 0 Å². The largest absolute Gasteiger partial charge is 0.411 e. The Bertz CT molecular complexity index is 1430. The Kier molecular flexibility index (Phi) is 5.21. The average molecular weight is 471 g/mol. The van der Waals surface area contributed by atoms with Crippen LogP contribution in [-0.2, 0) is 9.84 Å². The molecule has 0 aliphatic carbocycles. The maximum atomic E-state index is 12.9. The van der Waals surface area contributed by atoms with E-state index in [1.165, 1.54) is 11.8 Å². The van der Waals surface area contributed by atoms with E-state index in [4.69, 9.17) is 4.42 Å². The fourth-order valence-electron chi connectivity index (χ4n) is 4.43. The maximum absolute atomic E-state index is 12.9. The van der Waals surface area contributed by atoms with E-state index in [1.807, 2.05) is 54.9 Å². The zero-order chi connectivity index (χ0) is 22.5. The predicted octanol–water partition coefficient (Wildman–Crippen LogP) is 3.97. The highest BCUT2D eigenvalue weighted by molar-refractivity contribution is 7.99. The van der Waals surface area contributed by atoms with Gasteiger partial charge in [-0.15, -0.1) is 10.2 Å². The van der Waals surface area contributed by atoms with Crippen LogP contribution in [0.5, 0.6) is 0 Å². The van der Waals surface area contributed by atoms with Crippen molar-refractivity contribution in [2.75, 3.05) is 17.3 Å². The monoisotopic (exact) mass is 470 g/mol. The van der Waals surface area contributed by atoms with Gasteiger partial charge in [0.2, 0.25) is 0 Å². The second-order valence-electron chi connectivity index (χ2n) is 8.04. The van der Waals surface area contributed by atoms with Crippen LogP contribution in [0.25, 0.3) is 22.4 Å². The van der Waals surface area contributed by atoms with E-state index in [2.05, 4.69) is 15.2 Å². The van der Waals surface area contributed by atoms with Crippen molar-refractivity contribution in [1.29, 1.82) is 0 Å². The minimum atomic E-state index is -3.00. The molecule has 1 atom stereocenters. The Hall–Kier alpha value is -2.85. The number of nitrogens with zero attached hydrogens (tertiary/aromatic N) is 3. The average Bonchev–Trinajstić information content (AvgIpc) is 3.52. The number of hydrogen-bond acceptors (Lipinski definition) is 7. The third-order valence-electron chi connectivity index (χ3n) is 5.91. The van der Waals surface area contributed by atoms with Crippen LogP contribution >= 0.6 is 11.8 Å². The Morgan fingerprint density at radius 1 is 1.28 bits per heavy atom. The molecule has 1 aliphatic rings. The highest BCUT2D eigenvalue weighted by Crippen LogP contribution is 2.31. The van der Waals surface area contributed by atoms with Crippen LogP contribution in [0.1, 0.15) is 34.2 Å². The van der Waals surface area contributed by atoms with Crippen molar-refractivity contribution in [2.24, 2.45) is 0 Å². The van der Waals surface area contributed by atoms with Crippen molar-refractivity contribution < 1.29 is 17.6 Å². The lowest BCUT2D eigenvalue weighted by atomic mass is 10.2. The quantitative estimate of drug-likeness (QED) is 0.335. The number of para-hydroxylation sites is 1.